The largest absolute Gasteiger partial charge is 1.00 e. The van der Waals surface area contributed by atoms with Crippen LogP contribution in [0.5, 0.6) is 0 Å². The number of carbonyl (C=O) groups is 3. The number of carbonyl (C=O) groups excluding carboxylic acids is 3. The summed E-state index contributed by atoms with van der Waals surface area (Å²) in [6.45, 7) is 1.47. The highest BCUT2D eigenvalue weighted by atomic mass is 35.5. The summed E-state index contributed by atoms with van der Waals surface area (Å²) in [6, 6.07) is 14.0. The lowest BCUT2D eigenvalue weighted by molar-refractivity contribution is -0.809. The van der Waals surface area contributed by atoms with Crippen molar-refractivity contribution in [1.82, 2.24) is 0 Å². The van der Waals surface area contributed by atoms with Gasteiger partial charge in [-0.05, 0) is 12.1 Å². The molecule has 8 heteroatoms. The van der Waals surface area contributed by atoms with Crippen molar-refractivity contribution in [1.29, 1.82) is 0 Å². The second kappa shape index (κ2) is 10.3. The van der Waals surface area contributed by atoms with E-state index in [2.05, 4.69) is 0 Å². The summed E-state index contributed by atoms with van der Waals surface area (Å²) in [5, 5.41) is 10.7. The zero-order valence-corrected chi connectivity index (χ0v) is 15.4. The molecule has 0 aliphatic heterocycles. The van der Waals surface area contributed by atoms with Gasteiger partial charge in [0.2, 0.25) is 5.78 Å². The fourth-order valence-corrected chi connectivity index (χ4v) is 2.49. The van der Waals surface area contributed by atoms with Crippen molar-refractivity contribution in [3.05, 3.63) is 75.8 Å². The van der Waals surface area contributed by atoms with Gasteiger partial charge in [0.05, 0.1) is 24.8 Å². The maximum absolute atomic E-state index is 12.3. The summed E-state index contributed by atoms with van der Waals surface area (Å²) in [5.74, 6) is -0.634. The molecule has 0 heterocycles. The second-order valence-electron chi connectivity index (χ2n) is 5.85. The number of ketones is 2. The van der Waals surface area contributed by atoms with Crippen LogP contribution < -0.4 is 17.3 Å². The minimum Gasteiger partial charge on any atom is -1.00 e. The van der Waals surface area contributed by atoms with E-state index in [-0.39, 0.29) is 55.1 Å². The number of amides is 1. The fourth-order valence-electron chi connectivity index (χ4n) is 2.49. The van der Waals surface area contributed by atoms with Crippen molar-refractivity contribution in [3.8, 4) is 0 Å². The van der Waals surface area contributed by atoms with E-state index >= 15 is 0 Å². The third kappa shape index (κ3) is 6.40. The van der Waals surface area contributed by atoms with Gasteiger partial charge in [0.1, 0.15) is 6.54 Å². The predicted molar refractivity (Wildman–Crippen MR) is 94.2 cm³/mol. The maximum Gasteiger partial charge on any atom is 0.309 e. The van der Waals surface area contributed by atoms with Crippen LogP contribution in [0.2, 0.25) is 0 Å². The molecule has 0 aliphatic rings. The quantitative estimate of drug-likeness (QED) is 0.335. The average molecular weight is 391 g/mol. The van der Waals surface area contributed by atoms with E-state index in [1.165, 1.54) is 31.2 Å². The van der Waals surface area contributed by atoms with Gasteiger partial charge >= 0.3 is 5.91 Å². The Balaban J connectivity index is 0.00000364. The smallest absolute Gasteiger partial charge is 0.309 e. The molecule has 0 saturated carbocycles. The van der Waals surface area contributed by atoms with Gasteiger partial charge in [-0.1, -0.05) is 30.3 Å². The number of hydrogen-bond donors (Lipinski definition) is 1. The monoisotopic (exact) mass is 390 g/mol. The van der Waals surface area contributed by atoms with Gasteiger partial charge in [0.25, 0.3) is 5.69 Å². The molecule has 0 aliphatic carbocycles. The van der Waals surface area contributed by atoms with Gasteiger partial charge in [-0.2, -0.15) is 0 Å². The van der Waals surface area contributed by atoms with E-state index in [0.717, 1.165) is 0 Å². The van der Waals surface area contributed by atoms with Crippen molar-refractivity contribution in [2.75, 3.05) is 13.1 Å². The number of nitro groups is 1. The van der Waals surface area contributed by atoms with Crippen molar-refractivity contribution < 1.29 is 36.6 Å². The summed E-state index contributed by atoms with van der Waals surface area (Å²) in [7, 11) is 0. The number of nitro benzene ring substituents is 1. The third-order valence-electron chi connectivity index (χ3n) is 4.02. The molecular formula is C19H19ClN2O5. The molecule has 0 bridgehead atoms. The number of nitrogens with zero attached hydrogens (tertiary/aromatic N) is 1. The van der Waals surface area contributed by atoms with Gasteiger partial charge < -0.3 is 12.4 Å². The Bertz CT molecular complexity index is 822. The zero-order valence-electron chi connectivity index (χ0n) is 14.7. The normalized spacial score (nSPS) is 11.1. The van der Waals surface area contributed by atoms with Crippen LogP contribution >= 0.6 is 0 Å². The lowest BCUT2D eigenvalue weighted by Crippen LogP contribution is -3.15. The Hall–Kier alpha value is -2.90. The van der Waals surface area contributed by atoms with Gasteiger partial charge in [-0.25, -0.2) is 4.79 Å². The number of quaternary nitrogens is 1. The lowest BCUT2D eigenvalue weighted by atomic mass is 10.1. The first kappa shape index (κ1) is 22.1. The molecule has 1 atom stereocenters. The zero-order chi connectivity index (χ0) is 19.1. The summed E-state index contributed by atoms with van der Waals surface area (Å²) in [4.78, 5) is 46.8. The van der Waals surface area contributed by atoms with Crippen LogP contribution in [0.4, 0.5) is 5.69 Å². The highest BCUT2D eigenvalue weighted by Crippen LogP contribution is 2.11. The molecule has 7 nitrogen and oxygen atoms in total. The van der Waals surface area contributed by atoms with E-state index in [1.54, 1.807) is 24.3 Å². The molecule has 2 aromatic carbocycles. The van der Waals surface area contributed by atoms with Crippen LogP contribution in [0.25, 0.3) is 0 Å². The number of rotatable bonds is 8. The Kier molecular flexibility index (Phi) is 8.44. The van der Waals surface area contributed by atoms with Crippen LogP contribution in [0, 0.1) is 10.1 Å². The van der Waals surface area contributed by atoms with Crippen LogP contribution in [0.15, 0.2) is 54.6 Å². The number of benzene rings is 2. The molecule has 0 fully saturated rings. The van der Waals surface area contributed by atoms with Crippen molar-refractivity contribution >= 4 is 23.2 Å². The minimum absolute atomic E-state index is 0. The lowest BCUT2D eigenvalue weighted by Gasteiger charge is -2.14. The van der Waals surface area contributed by atoms with Crippen LogP contribution in [0.3, 0.4) is 0 Å². The van der Waals surface area contributed by atoms with Gasteiger partial charge in [-0.15, -0.1) is 0 Å². The van der Waals surface area contributed by atoms with E-state index < -0.39 is 4.92 Å². The number of non-ortho nitro benzene ring substituents is 1. The Morgan fingerprint density at radius 3 is 2.00 bits per heavy atom. The molecule has 1 unspecified atom stereocenters. The van der Waals surface area contributed by atoms with Gasteiger partial charge in [0, 0.05) is 23.3 Å². The SMILES string of the molecule is CC(=O)[NH+](CCC(=O)c1ccccc1)CC(=O)c1ccc([N+](=O)[O-])cc1.[Cl-]. The molecule has 2 aromatic rings. The molecule has 0 saturated heterocycles. The van der Waals surface area contributed by atoms with E-state index in [4.69, 9.17) is 0 Å². The van der Waals surface area contributed by atoms with Gasteiger partial charge in [0.15, 0.2) is 5.78 Å². The maximum atomic E-state index is 12.3. The molecule has 2 rings (SSSR count). The van der Waals surface area contributed by atoms with Crippen molar-refractivity contribution in [3.63, 3.8) is 0 Å². The minimum atomic E-state index is -0.545. The average Bonchev–Trinajstić information content (AvgIpc) is 2.65. The highest BCUT2D eigenvalue weighted by Gasteiger charge is 2.22. The summed E-state index contributed by atoms with van der Waals surface area (Å²) in [6.07, 6.45) is 0.145. The van der Waals surface area contributed by atoms with Crippen molar-refractivity contribution in [2.45, 2.75) is 13.3 Å². The molecule has 142 valence electrons. The van der Waals surface area contributed by atoms with E-state index in [0.29, 0.717) is 16.0 Å². The fraction of sp³-hybridized carbons (Fsp3) is 0.211. The van der Waals surface area contributed by atoms with E-state index in [1.807, 2.05) is 6.07 Å². The van der Waals surface area contributed by atoms with Crippen LogP contribution in [-0.4, -0.2) is 35.5 Å². The molecule has 0 spiro atoms. The summed E-state index contributed by atoms with van der Waals surface area (Å²) < 4.78 is 0. The first-order valence-corrected chi connectivity index (χ1v) is 8.10. The molecule has 1 N–H and O–H groups in total. The number of hydrogen-bond acceptors (Lipinski definition) is 5. The van der Waals surface area contributed by atoms with Crippen LogP contribution in [0.1, 0.15) is 34.1 Å². The Morgan fingerprint density at radius 2 is 1.48 bits per heavy atom. The summed E-state index contributed by atoms with van der Waals surface area (Å²) in [5.41, 5.74) is 0.756. The van der Waals surface area contributed by atoms with Crippen molar-refractivity contribution in [2.24, 2.45) is 0 Å². The first-order chi connectivity index (χ1) is 12.4. The van der Waals surface area contributed by atoms with Crippen LogP contribution in [-0.2, 0) is 4.79 Å². The highest BCUT2D eigenvalue weighted by molar-refractivity contribution is 5.98. The number of Topliss-reactive ketones (excluding diaryl/α,β-unsaturated/α-hetero) is 2. The molecule has 1 amide bonds. The third-order valence-corrected chi connectivity index (χ3v) is 4.02. The Morgan fingerprint density at radius 1 is 0.926 bits per heavy atom. The molecule has 27 heavy (non-hydrogen) atoms. The predicted octanol–water partition coefficient (Wildman–Crippen LogP) is -1.51. The second-order valence-corrected chi connectivity index (χ2v) is 5.85. The number of halogens is 1. The molecule has 0 radical (unpaired) electrons. The topological polar surface area (TPSA) is 98.8 Å². The molecular weight excluding hydrogens is 372 g/mol. The summed E-state index contributed by atoms with van der Waals surface area (Å²) >= 11 is 0. The number of nitrogens with one attached hydrogen (secondary N) is 1. The first-order valence-electron chi connectivity index (χ1n) is 8.10. The molecule has 0 aromatic heterocycles. The standard InChI is InChI=1S/C19H18N2O5.ClH/c1-14(22)20(12-11-18(23)15-5-3-2-4-6-15)13-19(24)16-7-9-17(10-8-16)21(25)26;/h2-10H,11-13H2,1H3;1H. The Labute approximate surface area is 162 Å². The van der Waals surface area contributed by atoms with Gasteiger partial charge in [-0.3, -0.25) is 24.6 Å². The van der Waals surface area contributed by atoms with E-state index in [9.17, 15) is 24.5 Å².